The van der Waals surface area contributed by atoms with E-state index >= 15 is 0 Å². The second-order valence-electron chi connectivity index (χ2n) is 6.40. The minimum atomic E-state index is -3.61. The molecule has 0 spiro atoms. The predicted octanol–water partition coefficient (Wildman–Crippen LogP) is 4.36. The Bertz CT molecular complexity index is 1350. The fourth-order valence-corrected chi connectivity index (χ4v) is 3.21. The Morgan fingerprint density at radius 1 is 1.18 bits per heavy atom. The van der Waals surface area contributed by atoms with Gasteiger partial charge in [0.05, 0.1) is 17.0 Å². The number of ketones is 1. The van der Waals surface area contributed by atoms with Gasteiger partial charge in [0.25, 0.3) is 0 Å². The molecule has 148 valence electrons. The van der Waals surface area contributed by atoms with E-state index in [1.54, 1.807) is 6.07 Å². The third kappa shape index (κ3) is 3.93. The summed E-state index contributed by atoms with van der Waals surface area (Å²) in [5.41, 5.74) is -0.463. The Kier molecular flexibility index (Phi) is 2.69. The average molecular weight is 393 g/mol. The average Bonchev–Trinajstić information content (AvgIpc) is 3.20. The molecule has 4 heteroatoms. The maximum Gasteiger partial charge on any atom is 0.166 e. The monoisotopic (exact) mass is 392 g/mol. The third-order valence-electron chi connectivity index (χ3n) is 4.59. The van der Waals surface area contributed by atoms with Crippen LogP contribution in [-0.4, -0.2) is 37.9 Å². The lowest BCUT2D eigenvalue weighted by Gasteiger charge is -2.32. The van der Waals surface area contributed by atoms with Gasteiger partial charge in [-0.1, -0.05) is 30.3 Å². The topological polar surface area (TPSA) is 38.8 Å². The Morgan fingerprint density at radius 3 is 2.54 bits per heavy atom. The van der Waals surface area contributed by atoms with E-state index < -0.39 is 62.3 Å². The highest BCUT2D eigenvalue weighted by Crippen LogP contribution is 2.39. The van der Waals surface area contributed by atoms with Crippen molar-refractivity contribution in [1.82, 2.24) is 4.90 Å². The molecule has 1 saturated heterocycles. The van der Waals surface area contributed by atoms with Gasteiger partial charge in [-0.3, -0.25) is 9.69 Å². The number of likely N-dealkylation sites (tertiary alicyclic amines) is 1. The smallest absolute Gasteiger partial charge is 0.166 e. The minimum absolute atomic E-state index is 0.0382. The van der Waals surface area contributed by atoms with E-state index in [2.05, 4.69) is 0 Å². The van der Waals surface area contributed by atoms with Crippen LogP contribution < -0.4 is 9.47 Å². The normalized spacial score (nSPS) is 35.9. The number of benzene rings is 2. The third-order valence-corrected chi connectivity index (χ3v) is 4.59. The van der Waals surface area contributed by atoms with Gasteiger partial charge >= 0.3 is 0 Å². The van der Waals surface area contributed by atoms with Crippen LogP contribution in [0.1, 0.15) is 58.5 Å². The summed E-state index contributed by atoms with van der Waals surface area (Å²) in [7, 11) is 2.45. The lowest BCUT2D eigenvalue weighted by molar-refractivity contribution is 0.0895. The maximum absolute atomic E-state index is 13.5. The first-order chi connectivity index (χ1) is 18.7. The molecule has 4 nitrogen and oxygen atoms in total. The number of ether oxygens (including phenoxy) is 2. The number of hydrogen-bond acceptors (Lipinski definition) is 4. The van der Waals surface area contributed by atoms with Crippen LogP contribution in [0.2, 0.25) is 0 Å². The molecule has 1 aliphatic carbocycles. The first-order valence-corrected chi connectivity index (χ1v) is 8.82. The zero-order valence-corrected chi connectivity index (χ0v) is 15.6. The van der Waals surface area contributed by atoms with Crippen LogP contribution in [0, 0.1) is 11.8 Å². The van der Waals surface area contributed by atoms with Crippen LogP contribution in [-0.2, 0) is 12.9 Å². The number of carbonyl (C=O) groups excluding carboxylic acids is 1. The highest BCUT2D eigenvalue weighted by Gasteiger charge is 2.34. The van der Waals surface area contributed by atoms with Crippen molar-refractivity contribution in [2.45, 2.75) is 32.1 Å². The fraction of sp³-hybridized carbons (Fsp3) is 0.458. The van der Waals surface area contributed by atoms with E-state index in [0.29, 0.717) is 0 Å². The van der Waals surface area contributed by atoms with Gasteiger partial charge in [-0.15, -0.1) is 0 Å². The maximum atomic E-state index is 13.5. The molecule has 1 atom stereocenters. The number of fused-ring (bicyclic) bond motifs is 1. The summed E-state index contributed by atoms with van der Waals surface area (Å²) in [6, 6.07) is 6.13. The first-order valence-electron chi connectivity index (χ1n) is 15.3. The summed E-state index contributed by atoms with van der Waals surface area (Å²) >= 11 is 0. The van der Waals surface area contributed by atoms with Gasteiger partial charge in [0, 0.05) is 33.1 Å². The Labute approximate surface area is 185 Å². The van der Waals surface area contributed by atoms with Crippen LogP contribution in [0.3, 0.4) is 0 Å². The molecule has 2 aliphatic rings. The molecule has 0 radical (unpaired) electrons. The van der Waals surface area contributed by atoms with Gasteiger partial charge in [0.2, 0.25) is 0 Å². The van der Waals surface area contributed by atoms with Crippen LogP contribution in [0.4, 0.5) is 0 Å². The van der Waals surface area contributed by atoms with Gasteiger partial charge in [-0.2, -0.15) is 0 Å². The van der Waals surface area contributed by atoms with Gasteiger partial charge in [0.1, 0.15) is 0 Å². The zero-order chi connectivity index (χ0) is 31.1. The fourth-order valence-electron chi connectivity index (χ4n) is 3.21. The van der Waals surface area contributed by atoms with E-state index in [1.807, 2.05) is 0 Å². The van der Waals surface area contributed by atoms with E-state index in [9.17, 15) is 4.79 Å². The van der Waals surface area contributed by atoms with Crippen LogP contribution in [0.15, 0.2) is 42.4 Å². The molecule has 1 unspecified atom stereocenters. The molecular weight excluding hydrogens is 350 g/mol. The van der Waals surface area contributed by atoms with Crippen molar-refractivity contribution in [1.29, 1.82) is 0 Å². The van der Waals surface area contributed by atoms with Crippen molar-refractivity contribution in [3.8, 4) is 11.5 Å². The minimum Gasteiger partial charge on any atom is -0.493 e. The van der Waals surface area contributed by atoms with Gasteiger partial charge in [-0.25, -0.2) is 0 Å². The SMILES string of the molecule is [2H]c1c2c(c([2H])c(OC)c1OC)C(=O)C(CC1([2H])C([2H])([2H])C([2H])([2H])N(C([2H])([2H])c3ccccc3)C([2H])([2H])C1([2H])[2H])C2. The van der Waals surface area contributed by atoms with Gasteiger partial charge in [-0.05, 0) is 67.7 Å². The summed E-state index contributed by atoms with van der Waals surface area (Å²) in [5.74, 6) is -5.83. The zero-order valence-electron chi connectivity index (χ0n) is 28.6. The lowest BCUT2D eigenvalue weighted by atomic mass is 9.85. The number of Topliss-reactive ketones (excluding diaryl/α,β-unsaturated/α-hetero) is 1. The van der Waals surface area contributed by atoms with Crippen LogP contribution in [0.5, 0.6) is 11.5 Å². The number of rotatable bonds is 6. The molecule has 0 bridgehead atoms. The second-order valence-corrected chi connectivity index (χ2v) is 6.40. The number of carbonyl (C=O) groups is 1. The van der Waals surface area contributed by atoms with E-state index in [4.69, 9.17) is 27.3 Å². The van der Waals surface area contributed by atoms with Crippen LogP contribution >= 0.6 is 0 Å². The molecule has 2 aromatic carbocycles. The predicted molar refractivity (Wildman–Crippen MR) is 110 cm³/mol. The van der Waals surface area contributed by atoms with E-state index in [0.717, 1.165) is 0 Å². The molecule has 1 heterocycles. The van der Waals surface area contributed by atoms with Crippen molar-refractivity contribution in [2.75, 3.05) is 27.2 Å². The number of piperidine rings is 1. The van der Waals surface area contributed by atoms with Crippen molar-refractivity contribution in [3.63, 3.8) is 0 Å². The molecule has 0 N–H and O–H groups in total. The number of hydrogen-bond donors (Lipinski definition) is 0. The van der Waals surface area contributed by atoms with Crippen molar-refractivity contribution in [3.05, 3.63) is 59.1 Å². The Morgan fingerprint density at radius 2 is 1.86 bits per heavy atom. The van der Waals surface area contributed by atoms with Crippen LogP contribution in [0.25, 0.3) is 0 Å². The molecule has 0 saturated carbocycles. The highest BCUT2D eigenvalue weighted by atomic mass is 16.5. The largest absolute Gasteiger partial charge is 0.493 e. The van der Waals surface area contributed by atoms with Gasteiger partial charge in [0.15, 0.2) is 17.3 Å². The summed E-state index contributed by atoms with van der Waals surface area (Å²) in [4.78, 5) is 13.4. The molecule has 0 amide bonds. The molecule has 1 fully saturated rings. The summed E-state index contributed by atoms with van der Waals surface area (Å²) < 4.78 is 123. The summed E-state index contributed by atoms with van der Waals surface area (Å²) in [5, 5.41) is 0. The van der Waals surface area contributed by atoms with E-state index in [1.165, 1.54) is 38.5 Å². The lowest BCUT2D eigenvalue weighted by Crippen LogP contribution is -2.34. The van der Waals surface area contributed by atoms with Gasteiger partial charge < -0.3 is 9.47 Å². The second kappa shape index (κ2) is 8.36. The van der Waals surface area contributed by atoms with Crippen molar-refractivity contribution in [2.24, 2.45) is 11.8 Å². The molecular formula is C24H29NO3. The quantitative estimate of drug-likeness (QED) is 0.732. The molecule has 2 aromatic rings. The molecule has 4 rings (SSSR count). The summed E-state index contributed by atoms with van der Waals surface area (Å²) in [6.07, 6.45) is -8.53. The molecule has 1 aliphatic heterocycles. The first kappa shape index (κ1) is 9.00. The van der Waals surface area contributed by atoms with E-state index in [-0.39, 0.29) is 45.6 Å². The highest BCUT2D eigenvalue weighted by molar-refractivity contribution is 6.02. The van der Waals surface area contributed by atoms with Crippen molar-refractivity contribution >= 4 is 5.78 Å². The van der Waals surface area contributed by atoms with Crippen molar-refractivity contribution < 1.29 is 32.1 Å². The number of methoxy groups -OCH3 is 2. The number of nitrogens with zero attached hydrogens (tertiary/aromatic N) is 1. The summed E-state index contributed by atoms with van der Waals surface area (Å²) in [6.45, 7) is -10.3. The standard InChI is InChI=1S/C24H29NO3/c1-27-22-14-19-13-20(24(26)21(19)15-23(22)28-2)12-17-8-10-25(11-9-17)16-18-6-4-3-5-7-18/h3-7,14-15,17,20H,8-13,16H2,1-2H3/i8D2,9D2,10D2,11D2,14D,15D,16D2,17D. The molecule has 0 aromatic heterocycles. The Hall–Kier alpha value is -2.33. The Balaban J connectivity index is 1.85. The molecule has 28 heavy (non-hydrogen) atoms.